The van der Waals surface area contributed by atoms with Crippen molar-refractivity contribution in [2.24, 2.45) is 7.05 Å². The minimum absolute atomic E-state index is 0.0821. The summed E-state index contributed by atoms with van der Waals surface area (Å²) in [4.78, 5) is 12.2. The lowest BCUT2D eigenvalue weighted by Gasteiger charge is -2.04. The first-order chi connectivity index (χ1) is 10.2. The second-order valence-corrected chi connectivity index (χ2v) is 6.06. The molecule has 0 saturated heterocycles. The number of thioether (sulfide) groups is 1. The Labute approximate surface area is 127 Å². The zero-order chi connectivity index (χ0) is 14.8. The molecule has 0 radical (unpaired) electrons. The summed E-state index contributed by atoms with van der Waals surface area (Å²) < 4.78 is 7.09. The molecular weight excluding hydrogens is 286 g/mol. The quantitative estimate of drug-likeness (QED) is 0.606. The Morgan fingerprint density at radius 2 is 2.05 bits per heavy atom. The zero-order valence-corrected chi connectivity index (χ0v) is 12.9. The van der Waals surface area contributed by atoms with Crippen molar-refractivity contribution in [2.75, 3.05) is 12.9 Å². The summed E-state index contributed by atoms with van der Waals surface area (Å²) in [5.74, 6) is 2.80. The van der Waals surface area contributed by atoms with Gasteiger partial charge in [0.15, 0.2) is 10.9 Å². The van der Waals surface area contributed by atoms with E-state index >= 15 is 0 Å². The maximum atomic E-state index is 12.2. The van der Waals surface area contributed by atoms with Crippen LogP contribution in [0, 0.1) is 0 Å². The van der Waals surface area contributed by atoms with Crippen LogP contribution >= 0.6 is 11.8 Å². The van der Waals surface area contributed by atoms with Crippen LogP contribution in [-0.2, 0) is 7.05 Å². The molecule has 1 aliphatic rings. The van der Waals surface area contributed by atoms with Gasteiger partial charge in [0.05, 0.1) is 12.9 Å². The molecule has 110 valence electrons. The Morgan fingerprint density at radius 3 is 2.67 bits per heavy atom. The van der Waals surface area contributed by atoms with Gasteiger partial charge in [0.2, 0.25) is 0 Å². The molecule has 1 fully saturated rings. The Hall–Kier alpha value is -1.82. The monoisotopic (exact) mass is 303 g/mol. The summed E-state index contributed by atoms with van der Waals surface area (Å²) in [6, 6.07) is 7.17. The molecule has 1 heterocycles. The van der Waals surface area contributed by atoms with Crippen LogP contribution in [0.1, 0.15) is 34.9 Å². The van der Waals surface area contributed by atoms with E-state index in [1.807, 2.05) is 11.6 Å². The number of carbonyl (C=O) groups excluding carboxylic acids is 1. The highest BCUT2D eigenvalue weighted by Crippen LogP contribution is 2.39. The van der Waals surface area contributed by atoms with Crippen molar-refractivity contribution in [3.8, 4) is 5.75 Å². The second-order valence-electron chi connectivity index (χ2n) is 5.11. The second kappa shape index (κ2) is 5.89. The number of rotatable bonds is 6. The summed E-state index contributed by atoms with van der Waals surface area (Å²) in [7, 11) is 3.58. The fourth-order valence-electron chi connectivity index (χ4n) is 2.14. The standard InChI is InChI=1S/C15H17N3O2S/c1-18-14(11-3-4-11)16-17-15(18)21-9-13(19)10-5-7-12(20-2)8-6-10/h5-8,11H,3-4,9H2,1-2H3. The molecule has 1 aromatic carbocycles. The number of Topliss-reactive ketones (excluding diaryl/α,β-unsaturated/α-hetero) is 1. The molecule has 1 saturated carbocycles. The molecule has 0 aliphatic heterocycles. The Bertz CT molecular complexity index is 647. The predicted molar refractivity (Wildman–Crippen MR) is 81.0 cm³/mol. The third-order valence-electron chi connectivity index (χ3n) is 3.56. The van der Waals surface area contributed by atoms with Crippen LogP contribution in [0.3, 0.4) is 0 Å². The third-order valence-corrected chi connectivity index (χ3v) is 4.58. The molecule has 2 aromatic rings. The van der Waals surface area contributed by atoms with Gasteiger partial charge >= 0.3 is 0 Å². The van der Waals surface area contributed by atoms with Crippen molar-refractivity contribution in [3.63, 3.8) is 0 Å². The first-order valence-corrected chi connectivity index (χ1v) is 7.87. The number of carbonyl (C=O) groups is 1. The molecule has 0 bridgehead atoms. The zero-order valence-electron chi connectivity index (χ0n) is 12.1. The van der Waals surface area contributed by atoms with E-state index in [0.717, 1.165) is 16.7 Å². The highest BCUT2D eigenvalue weighted by atomic mass is 32.2. The van der Waals surface area contributed by atoms with Crippen LogP contribution in [-0.4, -0.2) is 33.4 Å². The largest absolute Gasteiger partial charge is 0.497 e. The van der Waals surface area contributed by atoms with Crippen LogP contribution in [0.5, 0.6) is 5.75 Å². The van der Waals surface area contributed by atoms with E-state index in [1.54, 1.807) is 31.4 Å². The van der Waals surface area contributed by atoms with Gasteiger partial charge in [0.25, 0.3) is 0 Å². The molecule has 21 heavy (non-hydrogen) atoms. The lowest BCUT2D eigenvalue weighted by molar-refractivity contribution is 0.102. The molecule has 5 nitrogen and oxygen atoms in total. The van der Waals surface area contributed by atoms with E-state index in [0.29, 0.717) is 17.2 Å². The van der Waals surface area contributed by atoms with Gasteiger partial charge in [0.1, 0.15) is 11.6 Å². The smallest absolute Gasteiger partial charge is 0.191 e. The van der Waals surface area contributed by atoms with Gasteiger partial charge < -0.3 is 9.30 Å². The van der Waals surface area contributed by atoms with Gasteiger partial charge in [-0.15, -0.1) is 10.2 Å². The molecule has 3 rings (SSSR count). The first-order valence-electron chi connectivity index (χ1n) is 6.88. The number of hydrogen-bond acceptors (Lipinski definition) is 5. The normalized spacial score (nSPS) is 14.2. The van der Waals surface area contributed by atoms with E-state index < -0.39 is 0 Å². The highest BCUT2D eigenvalue weighted by molar-refractivity contribution is 7.99. The molecule has 1 aromatic heterocycles. The Balaban J connectivity index is 1.62. The van der Waals surface area contributed by atoms with E-state index in [9.17, 15) is 4.79 Å². The number of aromatic nitrogens is 3. The summed E-state index contributed by atoms with van der Waals surface area (Å²) in [5.41, 5.74) is 0.688. The highest BCUT2D eigenvalue weighted by Gasteiger charge is 2.29. The lowest BCUT2D eigenvalue weighted by Crippen LogP contribution is -2.04. The van der Waals surface area contributed by atoms with Crippen molar-refractivity contribution in [2.45, 2.75) is 23.9 Å². The van der Waals surface area contributed by atoms with Crippen molar-refractivity contribution in [3.05, 3.63) is 35.7 Å². The maximum Gasteiger partial charge on any atom is 0.191 e. The van der Waals surface area contributed by atoms with Crippen LogP contribution in [0.4, 0.5) is 0 Å². The fraction of sp³-hybridized carbons (Fsp3) is 0.400. The number of ether oxygens (including phenoxy) is 1. The number of benzene rings is 1. The maximum absolute atomic E-state index is 12.2. The van der Waals surface area contributed by atoms with Gasteiger partial charge in [-0.1, -0.05) is 11.8 Å². The molecule has 0 unspecified atom stereocenters. The minimum atomic E-state index is 0.0821. The minimum Gasteiger partial charge on any atom is -0.497 e. The van der Waals surface area contributed by atoms with Gasteiger partial charge in [0, 0.05) is 18.5 Å². The van der Waals surface area contributed by atoms with E-state index in [2.05, 4.69) is 10.2 Å². The Kier molecular flexibility index (Phi) is 3.96. The predicted octanol–water partition coefficient (Wildman–Crippen LogP) is 2.68. The molecule has 0 N–H and O–H groups in total. The summed E-state index contributed by atoms with van der Waals surface area (Å²) in [5, 5.41) is 9.19. The first kappa shape index (κ1) is 14.1. The van der Waals surface area contributed by atoms with Crippen LogP contribution in [0.15, 0.2) is 29.4 Å². The molecule has 0 atom stereocenters. The molecule has 1 aliphatic carbocycles. The number of methoxy groups -OCH3 is 1. The molecule has 6 heteroatoms. The van der Waals surface area contributed by atoms with Gasteiger partial charge in [-0.25, -0.2) is 0 Å². The van der Waals surface area contributed by atoms with Crippen molar-refractivity contribution < 1.29 is 9.53 Å². The SMILES string of the molecule is COc1ccc(C(=O)CSc2nnc(C3CC3)n2C)cc1. The average molecular weight is 303 g/mol. The summed E-state index contributed by atoms with van der Waals surface area (Å²) in [6.45, 7) is 0. The summed E-state index contributed by atoms with van der Waals surface area (Å²) >= 11 is 1.43. The number of hydrogen-bond donors (Lipinski definition) is 0. The average Bonchev–Trinajstić information content (AvgIpc) is 3.29. The Morgan fingerprint density at radius 1 is 1.33 bits per heavy atom. The van der Waals surface area contributed by atoms with Crippen molar-refractivity contribution in [1.29, 1.82) is 0 Å². The topological polar surface area (TPSA) is 57.0 Å². The van der Waals surface area contributed by atoms with Crippen LogP contribution in [0.25, 0.3) is 0 Å². The van der Waals surface area contributed by atoms with E-state index in [-0.39, 0.29) is 5.78 Å². The third kappa shape index (κ3) is 3.10. The van der Waals surface area contributed by atoms with Gasteiger partial charge in [-0.2, -0.15) is 0 Å². The van der Waals surface area contributed by atoms with E-state index in [1.165, 1.54) is 24.6 Å². The van der Waals surface area contributed by atoms with Crippen LogP contribution in [0.2, 0.25) is 0 Å². The lowest BCUT2D eigenvalue weighted by atomic mass is 10.1. The molecule has 0 amide bonds. The van der Waals surface area contributed by atoms with Crippen LogP contribution < -0.4 is 4.74 Å². The molecule has 0 spiro atoms. The number of nitrogens with zero attached hydrogens (tertiary/aromatic N) is 3. The van der Waals surface area contributed by atoms with Gasteiger partial charge in [-0.3, -0.25) is 4.79 Å². The van der Waals surface area contributed by atoms with Gasteiger partial charge in [-0.05, 0) is 37.1 Å². The van der Waals surface area contributed by atoms with E-state index in [4.69, 9.17) is 4.74 Å². The van der Waals surface area contributed by atoms with Crippen molar-refractivity contribution in [1.82, 2.24) is 14.8 Å². The van der Waals surface area contributed by atoms with Crippen molar-refractivity contribution >= 4 is 17.5 Å². The fourth-order valence-corrected chi connectivity index (χ4v) is 2.95. The molecular formula is C15H17N3O2S. The number of ketones is 1. The summed E-state index contributed by atoms with van der Waals surface area (Å²) in [6.07, 6.45) is 2.39.